The van der Waals surface area contributed by atoms with Crippen LogP contribution in [0.15, 0.2) is 18.2 Å². The molecule has 1 rings (SSSR count). The van der Waals surface area contributed by atoms with E-state index in [1.807, 2.05) is 0 Å². The first-order valence-electron chi connectivity index (χ1n) is 5.95. The summed E-state index contributed by atoms with van der Waals surface area (Å²) < 4.78 is 40.9. The highest BCUT2D eigenvalue weighted by Gasteiger charge is 2.27. The molecule has 0 aliphatic carbocycles. The van der Waals surface area contributed by atoms with Crippen LogP contribution < -0.4 is 10.1 Å². The number of hydrogen-bond donors (Lipinski definition) is 2. The largest absolute Gasteiger partial charge is 0.489 e. The second-order valence-corrected chi connectivity index (χ2v) is 6.04. The monoisotopic (exact) mass is 363 g/mol. The fourth-order valence-electron chi connectivity index (χ4n) is 1.34. The van der Waals surface area contributed by atoms with Gasteiger partial charge in [-0.15, -0.1) is 0 Å². The summed E-state index contributed by atoms with van der Waals surface area (Å²) in [6.07, 6.45) is -0.854. The van der Waals surface area contributed by atoms with Gasteiger partial charge in [0.1, 0.15) is 18.5 Å². The van der Waals surface area contributed by atoms with Crippen LogP contribution in [-0.4, -0.2) is 42.2 Å². The van der Waals surface area contributed by atoms with Gasteiger partial charge in [-0.05, 0) is 30.0 Å². The van der Waals surface area contributed by atoms with Gasteiger partial charge in [-0.25, -0.2) is 0 Å². The summed E-state index contributed by atoms with van der Waals surface area (Å²) in [6, 6.07) is 4.68. The molecule has 0 saturated carbocycles. The summed E-state index contributed by atoms with van der Waals surface area (Å²) in [5.41, 5.74) is -4.23. The maximum absolute atomic E-state index is 11.9. The normalized spacial score (nSPS) is 13.2. The van der Waals surface area contributed by atoms with E-state index in [0.29, 0.717) is 15.8 Å². The lowest BCUT2D eigenvalue weighted by molar-refractivity contribution is -0.0327. The molecule has 3 nitrogen and oxygen atoms in total. The molecular weight excluding hydrogens is 350 g/mol. The second kappa shape index (κ2) is 8.95. The molecular formula is C12H14Cl2F3NO2S. The Morgan fingerprint density at radius 3 is 2.67 bits per heavy atom. The maximum atomic E-state index is 11.9. The highest BCUT2D eigenvalue weighted by atomic mass is 35.5. The minimum absolute atomic E-state index is 0.0270. The van der Waals surface area contributed by atoms with Crippen molar-refractivity contribution < 1.29 is 23.0 Å². The summed E-state index contributed by atoms with van der Waals surface area (Å²) in [4.78, 5) is 0. The second-order valence-electron chi connectivity index (χ2n) is 4.04. The van der Waals surface area contributed by atoms with Crippen molar-refractivity contribution in [2.75, 3.05) is 25.4 Å². The average Bonchev–Trinajstić information content (AvgIpc) is 2.36. The number of ether oxygens (including phenoxy) is 1. The van der Waals surface area contributed by atoms with E-state index in [4.69, 9.17) is 27.9 Å². The fourth-order valence-corrected chi connectivity index (χ4v) is 2.29. The highest BCUT2D eigenvalue weighted by Crippen LogP contribution is 2.29. The van der Waals surface area contributed by atoms with Gasteiger partial charge in [0.05, 0.1) is 5.02 Å². The Balaban J connectivity index is 2.18. The van der Waals surface area contributed by atoms with Crippen molar-refractivity contribution >= 4 is 35.0 Å². The minimum atomic E-state index is -4.23. The van der Waals surface area contributed by atoms with E-state index < -0.39 is 11.6 Å². The van der Waals surface area contributed by atoms with Gasteiger partial charge in [-0.2, -0.15) is 13.2 Å². The van der Waals surface area contributed by atoms with E-state index in [9.17, 15) is 18.3 Å². The average molecular weight is 364 g/mol. The van der Waals surface area contributed by atoms with E-state index >= 15 is 0 Å². The number of nitrogens with one attached hydrogen (secondary N) is 1. The van der Waals surface area contributed by atoms with E-state index in [0.717, 1.165) is 0 Å². The predicted octanol–water partition coefficient (Wildman–Crippen LogP) is 3.58. The van der Waals surface area contributed by atoms with E-state index in [1.165, 1.54) is 6.07 Å². The first-order chi connectivity index (χ1) is 9.78. The number of aliphatic hydroxyl groups excluding tert-OH is 1. The molecule has 0 bridgehead atoms. The first kappa shape index (κ1) is 18.7. The molecule has 1 aromatic carbocycles. The lowest BCUT2D eigenvalue weighted by Gasteiger charge is -2.14. The van der Waals surface area contributed by atoms with Gasteiger partial charge < -0.3 is 15.2 Å². The Morgan fingerprint density at radius 2 is 2.05 bits per heavy atom. The zero-order chi connectivity index (χ0) is 15.9. The molecule has 0 radical (unpaired) electrons. The Labute approximate surface area is 134 Å². The Kier molecular flexibility index (Phi) is 7.97. The van der Waals surface area contributed by atoms with E-state index in [1.54, 1.807) is 12.1 Å². The van der Waals surface area contributed by atoms with Gasteiger partial charge in [0, 0.05) is 23.9 Å². The van der Waals surface area contributed by atoms with E-state index in [-0.39, 0.29) is 37.2 Å². The Morgan fingerprint density at radius 1 is 1.33 bits per heavy atom. The molecule has 0 heterocycles. The summed E-state index contributed by atoms with van der Waals surface area (Å²) in [5, 5.41) is 13.1. The van der Waals surface area contributed by atoms with Crippen LogP contribution in [-0.2, 0) is 0 Å². The van der Waals surface area contributed by atoms with Crippen molar-refractivity contribution in [1.29, 1.82) is 0 Å². The van der Waals surface area contributed by atoms with Gasteiger partial charge in [-0.3, -0.25) is 0 Å². The number of hydrogen-bond acceptors (Lipinski definition) is 4. The van der Waals surface area contributed by atoms with Gasteiger partial charge in [0.15, 0.2) is 0 Å². The molecule has 0 amide bonds. The van der Waals surface area contributed by atoms with Crippen molar-refractivity contribution in [3.63, 3.8) is 0 Å². The molecule has 0 fully saturated rings. The van der Waals surface area contributed by atoms with Crippen LogP contribution in [0.1, 0.15) is 0 Å². The maximum Gasteiger partial charge on any atom is 0.441 e. The van der Waals surface area contributed by atoms with Crippen molar-refractivity contribution in [2.45, 2.75) is 11.6 Å². The molecule has 21 heavy (non-hydrogen) atoms. The molecule has 1 atom stereocenters. The van der Waals surface area contributed by atoms with Crippen LogP contribution in [0.3, 0.4) is 0 Å². The van der Waals surface area contributed by atoms with Crippen LogP contribution in [0.25, 0.3) is 0 Å². The number of halogens is 5. The Bertz CT molecular complexity index is 449. The molecule has 2 N–H and O–H groups in total. The summed E-state index contributed by atoms with van der Waals surface area (Å²) in [7, 11) is 0. The molecule has 120 valence electrons. The Hall–Kier alpha value is -0.340. The lowest BCUT2D eigenvalue weighted by atomic mass is 10.3. The molecule has 1 unspecified atom stereocenters. The van der Waals surface area contributed by atoms with Crippen molar-refractivity contribution in [3.05, 3.63) is 28.2 Å². The van der Waals surface area contributed by atoms with E-state index in [2.05, 4.69) is 5.32 Å². The number of aliphatic hydroxyl groups is 1. The lowest BCUT2D eigenvalue weighted by Crippen LogP contribution is -2.32. The quantitative estimate of drug-likeness (QED) is 0.692. The van der Waals surface area contributed by atoms with Crippen LogP contribution in [0.2, 0.25) is 10.0 Å². The summed E-state index contributed by atoms with van der Waals surface area (Å²) in [5.74, 6) is 0.271. The minimum Gasteiger partial charge on any atom is -0.489 e. The zero-order valence-electron chi connectivity index (χ0n) is 10.8. The third-order valence-corrected chi connectivity index (χ3v) is 3.52. The topological polar surface area (TPSA) is 41.5 Å². The highest BCUT2D eigenvalue weighted by molar-refractivity contribution is 8.00. The smallest absolute Gasteiger partial charge is 0.441 e. The third kappa shape index (κ3) is 8.63. The first-order valence-corrected chi connectivity index (χ1v) is 7.69. The fraction of sp³-hybridized carbons (Fsp3) is 0.500. The molecule has 0 aliphatic heterocycles. The van der Waals surface area contributed by atoms with Gasteiger partial charge in [0.2, 0.25) is 0 Å². The summed E-state index contributed by atoms with van der Waals surface area (Å²) >= 11 is 11.5. The number of alkyl halides is 3. The van der Waals surface area contributed by atoms with Crippen LogP contribution in [0.4, 0.5) is 13.2 Å². The van der Waals surface area contributed by atoms with Crippen LogP contribution in [0, 0.1) is 0 Å². The van der Waals surface area contributed by atoms with Gasteiger partial charge in [-0.1, -0.05) is 23.2 Å². The molecule has 0 spiro atoms. The standard InChI is InChI=1S/C12H14Cl2F3NO2S/c13-8-1-2-11(10(14)5-8)20-7-9(19)6-18-3-4-21-12(15,16)17/h1-2,5,9,18-19H,3-4,6-7H2. The number of benzene rings is 1. The third-order valence-electron chi connectivity index (χ3n) is 2.25. The van der Waals surface area contributed by atoms with Gasteiger partial charge in [0.25, 0.3) is 0 Å². The molecule has 0 aromatic heterocycles. The van der Waals surface area contributed by atoms with Crippen LogP contribution >= 0.6 is 35.0 Å². The molecule has 0 saturated heterocycles. The molecule has 0 aliphatic rings. The van der Waals surface area contributed by atoms with Crippen molar-refractivity contribution in [3.8, 4) is 5.75 Å². The molecule has 9 heteroatoms. The van der Waals surface area contributed by atoms with Gasteiger partial charge >= 0.3 is 5.51 Å². The number of thioether (sulfide) groups is 1. The van der Waals surface area contributed by atoms with Crippen molar-refractivity contribution in [1.82, 2.24) is 5.32 Å². The summed E-state index contributed by atoms with van der Waals surface area (Å²) in [6.45, 7) is 0.243. The zero-order valence-corrected chi connectivity index (χ0v) is 13.1. The molecule has 1 aromatic rings. The SMILES string of the molecule is OC(CNCCSC(F)(F)F)COc1ccc(Cl)cc1Cl. The number of rotatable bonds is 8. The van der Waals surface area contributed by atoms with Crippen molar-refractivity contribution in [2.24, 2.45) is 0 Å². The predicted molar refractivity (Wildman–Crippen MR) is 79.3 cm³/mol. The van der Waals surface area contributed by atoms with Crippen LogP contribution in [0.5, 0.6) is 5.75 Å².